The molecule has 1 heterocycles. The van der Waals surface area contributed by atoms with E-state index in [4.69, 9.17) is 0 Å². The van der Waals surface area contributed by atoms with Gasteiger partial charge in [0.2, 0.25) is 0 Å². The van der Waals surface area contributed by atoms with Crippen LogP contribution in [0.3, 0.4) is 0 Å². The highest BCUT2D eigenvalue weighted by molar-refractivity contribution is 6.08. The van der Waals surface area contributed by atoms with Gasteiger partial charge in [-0.2, -0.15) is 0 Å². The SMILES string of the molecule is CCN(CC)c1ccc(NC(=O)c2cccc(C(=O)N(C)CC=O)c2)c(-c2cc(C(=O)NC3CCCc4ccccc43)ccn2)c1. The van der Waals surface area contributed by atoms with Crippen LogP contribution >= 0.6 is 0 Å². The molecule has 5 rings (SSSR count). The number of hydrogen-bond donors (Lipinski definition) is 2. The Labute approximate surface area is 269 Å². The third-order valence-electron chi connectivity index (χ3n) is 8.42. The number of benzene rings is 3. The molecular formula is C37H39N5O4. The van der Waals surface area contributed by atoms with E-state index in [9.17, 15) is 19.2 Å². The van der Waals surface area contributed by atoms with Gasteiger partial charge in [-0.05, 0) is 92.8 Å². The summed E-state index contributed by atoms with van der Waals surface area (Å²) >= 11 is 0. The fraction of sp³-hybridized carbons (Fsp3) is 0.270. The molecule has 1 aliphatic carbocycles. The van der Waals surface area contributed by atoms with E-state index in [1.807, 2.05) is 30.3 Å². The number of carbonyl (C=O) groups excluding carboxylic acids is 4. The standard InChI is InChI=1S/C37H39N5O4/c1-4-42(5-2)29-16-17-33(40-35(44)26-12-8-13-28(22-26)37(46)41(3)20-21-43)31(24-29)34-23-27(18-19-38-34)36(45)39-32-15-9-11-25-10-6-7-14-30(25)32/h6-8,10,12-14,16-19,21-24,32H,4-5,9,11,15,20H2,1-3H3,(H,39,45)(H,40,44). The molecule has 3 aromatic carbocycles. The zero-order valence-corrected chi connectivity index (χ0v) is 26.5. The van der Waals surface area contributed by atoms with Crippen LogP contribution in [0.4, 0.5) is 11.4 Å². The monoisotopic (exact) mass is 617 g/mol. The van der Waals surface area contributed by atoms with Crippen molar-refractivity contribution >= 4 is 35.4 Å². The van der Waals surface area contributed by atoms with Crippen molar-refractivity contribution < 1.29 is 19.2 Å². The first kappa shape index (κ1) is 32.1. The molecule has 9 heteroatoms. The van der Waals surface area contributed by atoms with Crippen LogP contribution in [0.25, 0.3) is 11.3 Å². The van der Waals surface area contributed by atoms with Crippen LogP contribution in [-0.4, -0.2) is 60.6 Å². The topological polar surface area (TPSA) is 112 Å². The van der Waals surface area contributed by atoms with E-state index in [2.05, 4.69) is 46.5 Å². The highest BCUT2D eigenvalue weighted by Gasteiger charge is 2.23. The molecule has 1 aromatic heterocycles. The number of aldehydes is 1. The highest BCUT2D eigenvalue weighted by atomic mass is 16.2. The van der Waals surface area contributed by atoms with E-state index in [0.29, 0.717) is 34.4 Å². The smallest absolute Gasteiger partial charge is 0.255 e. The van der Waals surface area contributed by atoms with Crippen molar-refractivity contribution in [2.75, 3.05) is 36.9 Å². The Kier molecular flexibility index (Phi) is 10.2. The van der Waals surface area contributed by atoms with Gasteiger partial charge in [0.05, 0.1) is 24.0 Å². The highest BCUT2D eigenvalue weighted by Crippen LogP contribution is 2.33. The van der Waals surface area contributed by atoms with Crippen LogP contribution in [0, 0.1) is 0 Å². The second kappa shape index (κ2) is 14.6. The van der Waals surface area contributed by atoms with Crippen LogP contribution < -0.4 is 15.5 Å². The van der Waals surface area contributed by atoms with Gasteiger partial charge in [-0.3, -0.25) is 19.4 Å². The number of anilines is 2. The van der Waals surface area contributed by atoms with E-state index < -0.39 is 5.91 Å². The molecule has 0 saturated heterocycles. The van der Waals surface area contributed by atoms with Crippen molar-refractivity contribution in [3.8, 4) is 11.3 Å². The molecule has 0 bridgehead atoms. The lowest BCUT2D eigenvalue weighted by Gasteiger charge is -2.26. The molecule has 0 spiro atoms. The third kappa shape index (κ3) is 7.15. The van der Waals surface area contributed by atoms with Crippen LogP contribution in [0.2, 0.25) is 0 Å². The van der Waals surface area contributed by atoms with Crippen LogP contribution in [0.1, 0.15) is 74.9 Å². The molecule has 236 valence electrons. The molecule has 1 aliphatic rings. The number of rotatable bonds is 11. The van der Waals surface area contributed by atoms with Crippen LogP contribution in [-0.2, 0) is 11.2 Å². The lowest BCUT2D eigenvalue weighted by Crippen LogP contribution is -2.31. The minimum atomic E-state index is -0.408. The molecule has 0 fully saturated rings. The number of likely N-dealkylation sites (N-methyl/N-ethyl adjacent to an activating group) is 1. The van der Waals surface area contributed by atoms with Crippen LogP contribution in [0.15, 0.2) is 85.1 Å². The molecule has 9 nitrogen and oxygen atoms in total. The quantitative estimate of drug-likeness (QED) is 0.202. The number of fused-ring (bicyclic) bond motifs is 1. The van der Waals surface area contributed by atoms with Gasteiger partial charge >= 0.3 is 0 Å². The molecule has 0 aliphatic heterocycles. The number of aryl methyl sites for hydroxylation is 1. The molecule has 0 saturated carbocycles. The van der Waals surface area contributed by atoms with Gasteiger partial charge in [0, 0.05) is 54.3 Å². The number of hydrogen-bond acceptors (Lipinski definition) is 6. The summed E-state index contributed by atoms with van der Waals surface area (Å²) < 4.78 is 0. The van der Waals surface area contributed by atoms with Gasteiger partial charge in [-0.15, -0.1) is 0 Å². The minimum Gasteiger partial charge on any atom is -0.372 e. The summed E-state index contributed by atoms with van der Waals surface area (Å²) in [5.41, 5.74) is 6.17. The summed E-state index contributed by atoms with van der Waals surface area (Å²) in [6.07, 6.45) is 5.16. The van der Waals surface area contributed by atoms with Crippen molar-refractivity contribution in [3.63, 3.8) is 0 Å². The Morgan fingerprint density at radius 3 is 2.43 bits per heavy atom. The third-order valence-corrected chi connectivity index (χ3v) is 8.42. The van der Waals surface area contributed by atoms with E-state index in [1.54, 1.807) is 36.5 Å². The summed E-state index contributed by atoms with van der Waals surface area (Å²) in [5.74, 6) is -0.951. The molecule has 2 N–H and O–H groups in total. The summed E-state index contributed by atoms with van der Waals surface area (Å²) in [7, 11) is 1.53. The summed E-state index contributed by atoms with van der Waals surface area (Å²) in [6, 6.07) is 23.8. The summed E-state index contributed by atoms with van der Waals surface area (Å²) in [6.45, 7) is 5.69. The maximum Gasteiger partial charge on any atom is 0.255 e. The first-order valence-corrected chi connectivity index (χ1v) is 15.7. The first-order chi connectivity index (χ1) is 22.3. The van der Waals surface area contributed by atoms with Gasteiger partial charge in [-0.25, -0.2) is 0 Å². The lowest BCUT2D eigenvalue weighted by atomic mass is 9.87. The Hall–Kier alpha value is -5.31. The number of nitrogens with one attached hydrogen (secondary N) is 2. The van der Waals surface area contributed by atoms with Gasteiger partial charge in [0.25, 0.3) is 17.7 Å². The number of amides is 3. The second-order valence-corrected chi connectivity index (χ2v) is 11.3. The predicted molar refractivity (Wildman–Crippen MR) is 180 cm³/mol. The second-order valence-electron chi connectivity index (χ2n) is 11.3. The Balaban J connectivity index is 1.45. The van der Waals surface area contributed by atoms with E-state index in [0.717, 1.165) is 43.6 Å². The fourth-order valence-electron chi connectivity index (χ4n) is 5.91. The molecule has 3 amide bonds. The minimum absolute atomic E-state index is 0.0461. The first-order valence-electron chi connectivity index (χ1n) is 15.7. The van der Waals surface area contributed by atoms with Crippen molar-refractivity contribution in [1.82, 2.24) is 15.2 Å². The van der Waals surface area contributed by atoms with Crippen molar-refractivity contribution in [1.29, 1.82) is 0 Å². The molecule has 4 aromatic rings. The normalized spacial score (nSPS) is 13.7. The number of carbonyl (C=O) groups is 4. The average molecular weight is 618 g/mol. The van der Waals surface area contributed by atoms with Crippen molar-refractivity contribution in [2.45, 2.75) is 39.2 Å². The zero-order chi connectivity index (χ0) is 32.6. The Morgan fingerprint density at radius 1 is 0.891 bits per heavy atom. The molecule has 0 radical (unpaired) electrons. The van der Waals surface area contributed by atoms with Crippen molar-refractivity contribution in [3.05, 3.63) is 113 Å². The number of nitrogens with zero attached hydrogens (tertiary/aromatic N) is 3. The predicted octanol–water partition coefficient (Wildman–Crippen LogP) is 5.93. The molecule has 1 unspecified atom stereocenters. The Bertz CT molecular complexity index is 1750. The van der Waals surface area contributed by atoms with E-state index in [1.165, 1.54) is 23.6 Å². The Morgan fingerprint density at radius 2 is 1.65 bits per heavy atom. The number of aromatic nitrogens is 1. The average Bonchev–Trinajstić information content (AvgIpc) is 3.09. The van der Waals surface area contributed by atoms with Gasteiger partial charge in [0.1, 0.15) is 6.29 Å². The van der Waals surface area contributed by atoms with E-state index >= 15 is 0 Å². The van der Waals surface area contributed by atoms with Gasteiger partial charge in [-0.1, -0.05) is 30.3 Å². The fourth-order valence-corrected chi connectivity index (χ4v) is 5.91. The molecule has 46 heavy (non-hydrogen) atoms. The largest absolute Gasteiger partial charge is 0.372 e. The van der Waals surface area contributed by atoms with Gasteiger partial charge < -0.3 is 25.2 Å². The van der Waals surface area contributed by atoms with Crippen LogP contribution in [0.5, 0.6) is 0 Å². The van der Waals surface area contributed by atoms with E-state index in [-0.39, 0.29) is 30.0 Å². The summed E-state index contributed by atoms with van der Waals surface area (Å²) in [5, 5.41) is 6.22. The summed E-state index contributed by atoms with van der Waals surface area (Å²) in [4.78, 5) is 58.7. The maximum absolute atomic E-state index is 13.5. The number of pyridine rings is 1. The van der Waals surface area contributed by atoms with Gasteiger partial charge in [0.15, 0.2) is 0 Å². The van der Waals surface area contributed by atoms with Crippen molar-refractivity contribution in [2.24, 2.45) is 0 Å². The molecular weight excluding hydrogens is 578 g/mol. The maximum atomic E-state index is 13.5. The zero-order valence-electron chi connectivity index (χ0n) is 26.5. The molecule has 1 atom stereocenters. The lowest BCUT2D eigenvalue weighted by molar-refractivity contribution is -0.108.